The van der Waals surface area contributed by atoms with E-state index in [-0.39, 0.29) is 0 Å². The van der Waals surface area contributed by atoms with Crippen molar-refractivity contribution in [2.45, 2.75) is 18.9 Å². The lowest BCUT2D eigenvalue weighted by Crippen LogP contribution is -2.30. The number of carbonyl (C=O) groups is 1. The molecule has 4 heteroatoms. The molecule has 1 aromatic carbocycles. The molecule has 0 amide bonds. The fourth-order valence-corrected chi connectivity index (χ4v) is 1.46. The minimum Gasteiger partial charge on any atom is -0.480 e. The van der Waals surface area contributed by atoms with E-state index in [0.29, 0.717) is 12.8 Å². The Morgan fingerprint density at radius 3 is 2.50 bits per heavy atom. The molecule has 0 fully saturated rings. The molecule has 1 atom stereocenters. The Labute approximate surface area is 96.4 Å². The molecular weight excluding hydrogens is 293 g/mol. The normalized spacial score (nSPS) is 12.4. The first-order valence-corrected chi connectivity index (χ1v) is 5.40. The van der Waals surface area contributed by atoms with E-state index in [1.165, 1.54) is 3.57 Å². The quantitative estimate of drug-likeness (QED) is 0.831. The van der Waals surface area contributed by atoms with Gasteiger partial charge in [0, 0.05) is 3.57 Å². The molecule has 1 aromatic rings. The second kappa shape index (κ2) is 5.31. The van der Waals surface area contributed by atoms with Crippen molar-refractivity contribution in [1.82, 2.24) is 0 Å². The van der Waals surface area contributed by atoms with Crippen LogP contribution in [0.25, 0.3) is 0 Å². The molecule has 3 nitrogen and oxygen atoms in total. The van der Waals surface area contributed by atoms with Crippen molar-refractivity contribution < 1.29 is 9.90 Å². The van der Waals surface area contributed by atoms with Crippen LogP contribution in [0, 0.1) is 3.57 Å². The van der Waals surface area contributed by atoms with Crippen LogP contribution in [0.15, 0.2) is 24.3 Å². The fraction of sp³-hybridized carbons (Fsp3) is 0.300. The highest BCUT2D eigenvalue weighted by molar-refractivity contribution is 14.1. The Morgan fingerprint density at radius 1 is 1.43 bits per heavy atom. The topological polar surface area (TPSA) is 63.3 Å². The third-order valence-corrected chi connectivity index (χ3v) is 2.69. The highest BCUT2D eigenvalue weighted by Gasteiger charge is 2.10. The Balaban J connectivity index is 2.46. The number of hydrogen-bond acceptors (Lipinski definition) is 2. The maximum absolute atomic E-state index is 10.4. The summed E-state index contributed by atoms with van der Waals surface area (Å²) in [6.45, 7) is 0. The van der Waals surface area contributed by atoms with Gasteiger partial charge in [-0.1, -0.05) is 12.1 Å². The number of nitrogens with two attached hydrogens (primary N) is 1. The minimum atomic E-state index is -0.935. The molecule has 1 unspecified atom stereocenters. The van der Waals surface area contributed by atoms with Crippen LogP contribution in [-0.2, 0) is 11.2 Å². The Kier molecular flexibility index (Phi) is 4.34. The molecule has 1 rings (SSSR count). The lowest BCUT2D eigenvalue weighted by atomic mass is 10.1. The Bertz CT molecular complexity index is 310. The summed E-state index contributed by atoms with van der Waals surface area (Å²) < 4.78 is 1.17. The predicted octanol–water partition coefficient (Wildman–Crippen LogP) is 1.64. The van der Waals surface area contributed by atoms with Gasteiger partial charge >= 0.3 is 5.97 Å². The Morgan fingerprint density at radius 2 is 2.00 bits per heavy atom. The highest BCUT2D eigenvalue weighted by Crippen LogP contribution is 2.09. The number of aliphatic carboxylic acids is 1. The highest BCUT2D eigenvalue weighted by atomic mass is 127. The number of rotatable bonds is 4. The average Bonchev–Trinajstić information content (AvgIpc) is 2.16. The van der Waals surface area contributed by atoms with Gasteiger partial charge in [-0.2, -0.15) is 0 Å². The molecule has 0 saturated carbocycles. The second-order valence-corrected chi connectivity index (χ2v) is 4.36. The number of benzene rings is 1. The minimum absolute atomic E-state index is 0.482. The van der Waals surface area contributed by atoms with Gasteiger partial charge in [0.25, 0.3) is 0 Å². The number of hydrogen-bond donors (Lipinski definition) is 2. The maximum Gasteiger partial charge on any atom is 0.320 e. The summed E-state index contributed by atoms with van der Waals surface area (Å²) in [4.78, 5) is 10.4. The van der Waals surface area contributed by atoms with E-state index in [2.05, 4.69) is 22.6 Å². The molecule has 0 aromatic heterocycles. The van der Waals surface area contributed by atoms with E-state index >= 15 is 0 Å². The number of carboxylic acid groups (broad SMARTS) is 1. The van der Waals surface area contributed by atoms with Crippen molar-refractivity contribution in [2.75, 3.05) is 0 Å². The summed E-state index contributed by atoms with van der Waals surface area (Å²) in [6.07, 6.45) is 1.19. The van der Waals surface area contributed by atoms with Crippen LogP contribution in [0.2, 0.25) is 0 Å². The van der Waals surface area contributed by atoms with E-state index < -0.39 is 12.0 Å². The summed E-state index contributed by atoms with van der Waals surface area (Å²) in [5, 5.41) is 8.58. The maximum atomic E-state index is 10.4. The zero-order chi connectivity index (χ0) is 10.6. The summed E-state index contributed by atoms with van der Waals surface area (Å²) in [5.41, 5.74) is 6.52. The molecule has 0 bridgehead atoms. The monoisotopic (exact) mass is 305 g/mol. The zero-order valence-corrected chi connectivity index (χ0v) is 9.77. The summed E-state index contributed by atoms with van der Waals surface area (Å²) in [6, 6.07) is 7.24. The second-order valence-electron chi connectivity index (χ2n) is 3.11. The largest absolute Gasteiger partial charge is 0.480 e. The van der Waals surface area contributed by atoms with Crippen molar-refractivity contribution >= 4 is 28.6 Å². The van der Waals surface area contributed by atoms with Gasteiger partial charge in [0.1, 0.15) is 6.04 Å². The van der Waals surface area contributed by atoms with E-state index in [1.807, 2.05) is 24.3 Å². The van der Waals surface area contributed by atoms with Crippen LogP contribution >= 0.6 is 22.6 Å². The standard InChI is InChI=1S/C10H12INO2/c11-8-4-1-7(2-5-8)3-6-9(12)10(13)14/h1-2,4-5,9H,3,6,12H2,(H,13,14). The molecule has 0 radical (unpaired) electrons. The third-order valence-electron chi connectivity index (χ3n) is 1.97. The van der Waals surface area contributed by atoms with Crippen LogP contribution in [0.4, 0.5) is 0 Å². The summed E-state index contributed by atoms with van der Waals surface area (Å²) >= 11 is 2.23. The van der Waals surface area contributed by atoms with Crippen molar-refractivity contribution in [1.29, 1.82) is 0 Å². The first kappa shape index (κ1) is 11.5. The van der Waals surface area contributed by atoms with Gasteiger partial charge in [-0.15, -0.1) is 0 Å². The van der Waals surface area contributed by atoms with Crippen molar-refractivity contribution in [3.8, 4) is 0 Å². The van der Waals surface area contributed by atoms with E-state index in [0.717, 1.165) is 5.56 Å². The van der Waals surface area contributed by atoms with Gasteiger partial charge in [-0.25, -0.2) is 0 Å². The van der Waals surface area contributed by atoms with Crippen LogP contribution in [0.5, 0.6) is 0 Å². The van der Waals surface area contributed by atoms with Gasteiger partial charge in [-0.3, -0.25) is 4.79 Å². The molecule has 0 saturated heterocycles. The molecule has 0 aliphatic rings. The average molecular weight is 305 g/mol. The number of carboxylic acids is 1. The van der Waals surface area contributed by atoms with Gasteiger partial charge < -0.3 is 10.8 Å². The molecule has 0 aliphatic carbocycles. The molecule has 76 valence electrons. The van der Waals surface area contributed by atoms with Crippen molar-refractivity contribution in [3.05, 3.63) is 33.4 Å². The molecule has 0 heterocycles. The lowest BCUT2D eigenvalue weighted by molar-refractivity contribution is -0.138. The zero-order valence-electron chi connectivity index (χ0n) is 7.61. The lowest BCUT2D eigenvalue weighted by Gasteiger charge is -2.05. The van der Waals surface area contributed by atoms with E-state index in [4.69, 9.17) is 10.8 Å². The number of halogens is 1. The molecule has 3 N–H and O–H groups in total. The first-order valence-electron chi connectivity index (χ1n) is 4.32. The van der Waals surface area contributed by atoms with Crippen LogP contribution in [0.3, 0.4) is 0 Å². The van der Waals surface area contributed by atoms with Gasteiger partial charge in [0.05, 0.1) is 0 Å². The molecule has 0 aliphatic heterocycles. The first-order chi connectivity index (χ1) is 6.59. The van der Waals surface area contributed by atoms with E-state index in [9.17, 15) is 4.79 Å². The van der Waals surface area contributed by atoms with E-state index in [1.54, 1.807) is 0 Å². The van der Waals surface area contributed by atoms with Crippen LogP contribution in [0.1, 0.15) is 12.0 Å². The third kappa shape index (κ3) is 3.63. The predicted molar refractivity (Wildman–Crippen MR) is 63.1 cm³/mol. The SMILES string of the molecule is NC(CCc1ccc(I)cc1)C(=O)O. The van der Waals surface area contributed by atoms with Crippen LogP contribution in [-0.4, -0.2) is 17.1 Å². The van der Waals surface area contributed by atoms with Crippen molar-refractivity contribution in [2.24, 2.45) is 5.73 Å². The molecule has 14 heavy (non-hydrogen) atoms. The fourth-order valence-electron chi connectivity index (χ4n) is 1.10. The van der Waals surface area contributed by atoms with Gasteiger partial charge in [0.15, 0.2) is 0 Å². The molecule has 0 spiro atoms. The van der Waals surface area contributed by atoms with Crippen LogP contribution < -0.4 is 5.73 Å². The summed E-state index contributed by atoms with van der Waals surface area (Å²) in [5.74, 6) is -0.935. The van der Waals surface area contributed by atoms with Gasteiger partial charge in [-0.05, 0) is 53.1 Å². The smallest absolute Gasteiger partial charge is 0.320 e. The number of aryl methyl sites for hydroxylation is 1. The Hall–Kier alpha value is -0.620. The summed E-state index contributed by atoms with van der Waals surface area (Å²) in [7, 11) is 0. The molecular formula is C10H12INO2. The van der Waals surface area contributed by atoms with Crippen molar-refractivity contribution in [3.63, 3.8) is 0 Å². The van der Waals surface area contributed by atoms with Gasteiger partial charge in [0.2, 0.25) is 0 Å².